The molecule has 1 N–H and O–H groups in total. The number of para-hydroxylation sites is 1. The van der Waals surface area contributed by atoms with E-state index in [0.29, 0.717) is 26.2 Å². The van der Waals surface area contributed by atoms with E-state index in [4.69, 9.17) is 14.5 Å². The normalized spacial score (nSPS) is 18.9. The van der Waals surface area contributed by atoms with Crippen molar-refractivity contribution in [3.63, 3.8) is 0 Å². The molecular formula is C25H27FN4O2. The second-order valence-corrected chi connectivity index (χ2v) is 8.23. The highest BCUT2D eigenvalue weighted by Gasteiger charge is 2.25. The number of hydrogen-bond acceptors (Lipinski definition) is 5. The molecule has 4 heterocycles. The fourth-order valence-corrected chi connectivity index (χ4v) is 4.39. The van der Waals surface area contributed by atoms with E-state index < -0.39 is 6.17 Å². The maximum absolute atomic E-state index is 14.4. The minimum absolute atomic E-state index is 0.0274. The third kappa shape index (κ3) is 4.18. The number of benzene rings is 1. The predicted octanol–water partition coefficient (Wildman–Crippen LogP) is 4.06. The number of methoxy groups -OCH3 is 1. The van der Waals surface area contributed by atoms with Crippen molar-refractivity contribution < 1.29 is 13.9 Å². The molecule has 3 aromatic heterocycles. The van der Waals surface area contributed by atoms with Crippen LogP contribution in [-0.4, -0.2) is 54.0 Å². The van der Waals surface area contributed by atoms with E-state index in [1.165, 1.54) is 0 Å². The average molecular weight is 435 g/mol. The van der Waals surface area contributed by atoms with E-state index in [2.05, 4.69) is 28.5 Å². The molecule has 0 amide bonds. The van der Waals surface area contributed by atoms with Crippen LogP contribution in [0.1, 0.15) is 12.0 Å². The molecular weight excluding hydrogens is 407 g/mol. The number of piperidine rings is 1. The maximum Gasteiger partial charge on any atom is 0.140 e. The summed E-state index contributed by atoms with van der Waals surface area (Å²) in [6.45, 7) is 2.33. The van der Waals surface area contributed by atoms with Crippen molar-refractivity contribution in [3.05, 3.63) is 60.4 Å². The molecule has 32 heavy (non-hydrogen) atoms. The number of rotatable bonds is 7. The highest BCUT2D eigenvalue weighted by Crippen LogP contribution is 2.28. The Morgan fingerprint density at radius 1 is 1.19 bits per heavy atom. The highest BCUT2D eigenvalue weighted by atomic mass is 19.1. The average Bonchev–Trinajstić information content (AvgIpc) is 3.24. The van der Waals surface area contributed by atoms with Gasteiger partial charge in [-0.2, -0.15) is 0 Å². The number of nitrogens with one attached hydrogen (secondary N) is 1. The molecule has 0 aliphatic carbocycles. The van der Waals surface area contributed by atoms with Crippen LogP contribution in [0.3, 0.4) is 0 Å². The van der Waals surface area contributed by atoms with Crippen LogP contribution in [0.15, 0.2) is 54.9 Å². The monoisotopic (exact) mass is 434 g/mol. The molecule has 4 aromatic rings. The van der Waals surface area contributed by atoms with Crippen LogP contribution in [-0.2, 0) is 11.2 Å². The third-order valence-electron chi connectivity index (χ3n) is 6.13. The van der Waals surface area contributed by atoms with Crippen LogP contribution < -0.4 is 10.1 Å². The molecule has 1 aliphatic heterocycles. The second kappa shape index (κ2) is 9.22. The molecule has 2 atom stereocenters. The minimum Gasteiger partial charge on any atom is -0.491 e. The Morgan fingerprint density at radius 2 is 2.12 bits per heavy atom. The Bertz CT molecular complexity index is 1230. The molecule has 0 unspecified atom stereocenters. The summed E-state index contributed by atoms with van der Waals surface area (Å²) in [5, 5.41) is 4.20. The van der Waals surface area contributed by atoms with Gasteiger partial charge < -0.3 is 14.8 Å². The summed E-state index contributed by atoms with van der Waals surface area (Å²) in [7, 11) is 1.65. The van der Waals surface area contributed by atoms with Gasteiger partial charge in [0.1, 0.15) is 24.2 Å². The molecule has 0 bridgehead atoms. The van der Waals surface area contributed by atoms with Gasteiger partial charge in [-0.3, -0.25) is 4.40 Å². The van der Waals surface area contributed by atoms with E-state index in [1.54, 1.807) is 7.11 Å². The van der Waals surface area contributed by atoms with Crippen molar-refractivity contribution in [2.24, 2.45) is 5.92 Å². The largest absolute Gasteiger partial charge is 0.491 e. The highest BCUT2D eigenvalue weighted by molar-refractivity contribution is 5.84. The molecule has 1 saturated heterocycles. The van der Waals surface area contributed by atoms with Crippen molar-refractivity contribution in [2.75, 3.05) is 33.4 Å². The van der Waals surface area contributed by atoms with Gasteiger partial charge in [-0.05, 0) is 43.0 Å². The molecule has 1 fully saturated rings. The van der Waals surface area contributed by atoms with Crippen molar-refractivity contribution in [3.8, 4) is 17.1 Å². The van der Waals surface area contributed by atoms with Crippen LogP contribution >= 0.6 is 0 Å². The zero-order valence-corrected chi connectivity index (χ0v) is 18.1. The van der Waals surface area contributed by atoms with Gasteiger partial charge in [-0.15, -0.1) is 0 Å². The Labute approximate surface area is 186 Å². The molecule has 5 rings (SSSR count). The van der Waals surface area contributed by atoms with Gasteiger partial charge in [0.15, 0.2) is 0 Å². The quantitative estimate of drug-likeness (QED) is 0.445. The Balaban J connectivity index is 1.47. The zero-order valence-electron chi connectivity index (χ0n) is 18.1. The van der Waals surface area contributed by atoms with Crippen LogP contribution in [0.2, 0.25) is 0 Å². The molecule has 7 heteroatoms. The van der Waals surface area contributed by atoms with Crippen molar-refractivity contribution >= 4 is 16.6 Å². The van der Waals surface area contributed by atoms with Gasteiger partial charge in [-0.1, -0.05) is 24.3 Å². The van der Waals surface area contributed by atoms with Gasteiger partial charge in [0.2, 0.25) is 0 Å². The fraction of sp³-hybridized carbons (Fsp3) is 0.360. The van der Waals surface area contributed by atoms with Crippen molar-refractivity contribution in [2.45, 2.75) is 19.0 Å². The molecule has 0 saturated carbocycles. The summed E-state index contributed by atoms with van der Waals surface area (Å²) in [6, 6.07) is 14.1. The number of nitrogens with zero attached hydrogens (tertiary/aromatic N) is 3. The lowest BCUT2D eigenvalue weighted by Crippen LogP contribution is -2.38. The number of imidazole rings is 1. The summed E-state index contributed by atoms with van der Waals surface area (Å²) in [5.74, 6) is 0.780. The van der Waals surface area contributed by atoms with E-state index in [0.717, 1.165) is 52.2 Å². The molecule has 1 aromatic carbocycles. The van der Waals surface area contributed by atoms with E-state index in [1.807, 2.05) is 41.1 Å². The first-order valence-electron chi connectivity index (χ1n) is 11.1. The summed E-state index contributed by atoms with van der Waals surface area (Å²) in [5.41, 5.74) is 4.57. The summed E-state index contributed by atoms with van der Waals surface area (Å²) >= 11 is 0. The van der Waals surface area contributed by atoms with Crippen LogP contribution in [0.4, 0.5) is 4.39 Å². The fourth-order valence-electron chi connectivity index (χ4n) is 4.39. The van der Waals surface area contributed by atoms with Gasteiger partial charge in [0, 0.05) is 31.3 Å². The standard InChI is InChI=1S/C25H27FN4O2/c1-31-11-12-32-20-8-10-30-23(16-28-24(30)14-20)22-6-5-17-3-2-4-19(25(17)29-22)13-18-7-9-27-15-21(18)26/h2-6,8,10,14,16,18,21,27H,7,9,11-13,15H2,1H3/t18-,21+/m1/s1. The van der Waals surface area contributed by atoms with E-state index in [9.17, 15) is 4.39 Å². The summed E-state index contributed by atoms with van der Waals surface area (Å²) in [6.07, 6.45) is 4.50. The lowest BCUT2D eigenvalue weighted by Gasteiger charge is -2.27. The second-order valence-electron chi connectivity index (χ2n) is 8.23. The molecule has 0 spiro atoms. The van der Waals surface area contributed by atoms with Crippen LogP contribution in [0, 0.1) is 5.92 Å². The van der Waals surface area contributed by atoms with Gasteiger partial charge >= 0.3 is 0 Å². The number of pyridine rings is 2. The lowest BCUT2D eigenvalue weighted by atomic mass is 9.88. The van der Waals surface area contributed by atoms with Crippen LogP contribution in [0.5, 0.6) is 5.75 Å². The topological polar surface area (TPSA) is 60.7 Å². The lowest BCUT2D eigenvalue weighted by molar-refractivity contribution is 0.146. The van der Waals surface area contributed by atoms with Gasteiger partial charge in [-0.25, -0.2) is 14.4 Å². The summed E-state index contributed by atoms with van der Waals surface area (Å²) < 4.78 is 27.2. The first kappa shape index (κ1) is 20.8. The van der Waals surface area contributed by atoms with Gasteiger partial charge in [0.05, 0.1) is 29.7 Å². The molecule has 1 aliphatic rings. The van der Waals surface area contributed by atoms with E-state index >= 15 is 0 Å². The van der Waals surface area contributed by atoms with E-state index in [-0.39, 0.29) is 5.92 Å². The van der Waals surface area contributed by atoms with Gasteiger partial charge in [0.25, 0.3) is 0 Å². The number of ether oxygens (including phenoxy) is 2. The molecule has 0 radical (unpaired) electrons. The van der Waals surface area contributed by atoms with Crippen LogP contribution in [0.25, 0.3) is 27.9 Å². The number of halogens is 1. The number of alkyl halides is 1. The SMILES string of the molecule is COCCOc1ccn2c(-c3ccc4cccc(C[C@H]5CCNC[C@@H]5F)c4n3)cnc2c1. The Hall–Kier alpha value is -3.03. The van der Waals surface area contributed by atoms with Crippen molar-refractivity contribution in [1.29, 1.82) is 0 Å². The smallest absolute Gasteiger partial charge is 0.140 e. The van der Waals surface area contributed by atoms with Crippen molar-refractivity contribution in [1.82, 2.24) is 19.7 Å². The molecule has 166 valence electrons. The minimum atomic E-state index is -0.818. The number of hydrogen-bond donors (Lipinski definition) is 1. The first-order valence-corrected chi connectivity index (χ1v) is 11.1. The Morgan fingerprint density at radius 3 is 3.00 bits per heavy atom. The zero-order chi connectivity index (χ0) is 21.9. The number of fused-ring (bicyclic) bond motifs is 2. The number of aromatic nitrogens is 3. The third-order valence-corrected chi connectivity index (χ3v) is 6.13. The predicted molar refractivity (Wildman–Crippen MR) is 123 cm³/mol. The molecule has 6 nitrogen and oxygen atoms in total. The summed E-state index contributed by atoms with van der Waals surface area (Å²) in [4.78, 5) is 9.54. The maximum atomic E-state index is 14.4. The first-order chi connectivity index (χ1) is 15.7. The Kier molecular flexibility index (Phi) is 6.01.